The van der Waals surface area contributed by atoms with E-state index in [0.717, 1.165) is 5.56 Å². The summed E-state index contributed by atoms with van der Waals surface area (Å²) in [6.45, 7) is 2.05. The number of nitrogens with one attached hydrogen (secondary N) is 1. The summed E-state index contributed by atoms with van der Waals surface area (Å²) in [6.07, 6.45) is -2.01. The van der Waals surface area contributed by atoms with Crippen molar-refractivity contribution < 1.29 is 18.3 Å². The zero-order chi connectivity index (χ0) is 12.4. The summed E-state index contributed by atoms with van der Waals surface area (Å²) in [7, 11) is 0. The number of carbonyl (C=O) groups is 1. The lowest BCUT2D eigenvalue weighted by Crippen LogP contribution is -2.28. The van der Waals surface area contributed by atoms with Gasteiger partial charge in [0.15, 0.2) is 0 Å². The first kappa shape index (κ1) is 11.8. The minimum absolute atomic E-state index is 0.0410. The Morgan fingerprint density at radius 3 is 3.00 bits per heavy atom. The topological polar surface area (TPSA) is 38.3 Å². The van der Waals surface area contributed by atoms with E-state index in [1.54, 1.807) is 13.0 Å². The van der Waals surface area contributed by atoms with Crippen molar-refractivity contribution in [3.63, 3.8) is 0 Å². The molecule has 1 aliphatic rings. The highest BCUT2D eigenvalue weighted by Crippen LogP contribution is 2.30. The van der Waals surface area contributed by atoms with Crippen molar-refractivity contribution in [1.29, 1.82) is 0 Å². The fraction of sp³-hybridized carbons (Fsp3) is 0.417. The lowest BCUT2D eigenvalue weighted by molar-refractivity contribution is -0.143. The van der Waals surface area contributed by atoms with Crippen LogP contribution in [0.1, 0.15) is 24.5 Å². The molecule has 0 fully saturated rings. The Morgan fingerprint density at radius 2 is 2.35 bits per heavy atom. The third kappa shape index (κ3) is 2.38. The maximum Gasteiger partial charge on any atom is 0.328 e. The number of ether oxygens (including phenoxy) is 1. The highest BCUT2D eigenvalue weighted by atomic mass is 19.3. The molecular formula is C12H13F2NO2. The van der Waals surface area contributed by atoms with Crippen LogP contribution in [0.3, 0.4) is 0 Å². The average molecular weight is 241 g/mol. The number of benzene rings is 1. The second kappa shape index (κ2) is 4.69. The van der Waals surface area contributed by atoms with Crippen LogP contribution in [0.25, 0.3) is 0 Å². The molecule has 2 rings (SSSR count). The van der Waals surface area contributed by atoms with E-state index in [1.165, 1.54) is 12.1 Å². The third-order valence-corrected chi connectivity index (χ3v) is 2.71. The van der Waals surface area contributed by atoms with Gasteiger partial charge in [-0.2, -0.15) is 0 Å². The van der Waals surface area contributed by atoms with Gasteiger partial charge in [-0.05, 0) is 18.6 Å². The van der Waals surface area contributed by atoms with Gasteiger partial charge >= 0.3 is 5.97 Å². The number of alkyl halides is 2. The fourth-order valence-electron chi connectivity index (χ4n) is 1.89. The Morgan fingerprint density at radius 1 is 1.59 bits per heavy atom. The zero-order valence-electron chi connectivity index (χ0n) is 9.37. The van der Waals surface area contributed by atoms with Gasteiger partial charge in [0.05, 0.1) is 6.61 Å². The highest BCUT2D eigenvalue weighted by molar-refractivity contribution is 5.83. The van der Waals surface area contributed by atoms with Crippen LogP contribution < -0.4 is 5.32 Å². The molecule has 0 bridgehead atoms. The summed E-state index contributed by atoms with van der Waals surface area (Å²) < 4.78 is 29.9. The number of fused-ring (bicyclic) bond motifs is 1. The molecule has 0 amide bonds. The van der Waals surface area contributed by atoms with Crippen LogP contribution in [0, 0.1) is 0 Å². The van der Waals surface area contributed by atoms with Gasteiger partial charge in [0, 0.05) is 17.7 Å². The SMILES string of the molecule is CCOC(=O)[C@@H]1Cc2ccc(C(F)F)cc2N1. The van der Waals surface area contributed by atoms with Crippen LogP contribution in [-0.4, -0.2) is 18.6 Å². The molecule has 1 aromatic rings. The Hall–Kier alpha value is -1.65. The molecule has 1 N–H and O–H groups in total. The van der Waals surface area contributed by atoms with Crippen molar-refractivity contribution in [2.45, 2.75) is 25.8 Å². The van der Waals surface area contributed by atoms with E-state index in [0.29, 0.717) is 18.7 Å². The molecule has 3 nitrogen and oxygen atoms in total. The smallest absolute Gasteiger partial charge is 0.328 e. The highest BCUT2D eigenvalue weighted by Gasteiger charge is 2.28. The summed E-state index contributed by atoms with van der Waals surface area (Å²) in [5.41, 5.74) is 1.43. The van der Waals surface area contributed by atoms with Crippen LogP contribution in [0.4, 0.5) is 14.5 Å². The Labute approximate surface area is 97.8 Å². The maximum atomic E-state index is 12.5. The van der Waals surface area contributed by atoms with Gasteiger partial charge < -0.3 is 10.1 Å². The fourth-order valence-corrected chi connectivity index (χ4v) is 1.89. The van der Waals surface area contributed by atoms with Crippen molar-refractivity contribution in [3.8, 4) is 0 Å². The van der Waals surface area contributed by atoms with Crippen LogP contribution in [-0.2, 0) is 16.0 Å². The van der Waals surface area contributed by atoms with Crippen LogP contribution in [0.15, 0.2) is 18.2 Å². The summed E-state index contributed by atoms with van der Waals surface area (Å²) in [6, 6.07) is 3.94. The summed E-state index contributed by atoms with van der Waals surface area (Å²) in [4.78, 5) is 11.5. The van der Waals surface area contributed by atoms with Crippen molar-refractivity contribution >= 4 is 11.7 Å². The first-order valence-corrected chi connectivity index (χ1v) is 5.46. The largest absolute Gasteiger partial charge is 0.464 e. The molecule has 0 saturated heterocycles. The van der Waals surface area contributed by atoms with Crippen molar-refractivity contribution in [2.24, 2.45) is 0 Å². The molecule has 0 radical (unpaired) electrons. The maximum absolute atomic E-state index is 12.5. The van der Waals surface area contributed by atoms with Gasteiger partial charge in [-0.1, -0.05) is 12.1 Å². The van der Waals surface area contributed by atoms with Crippen LogP contribution in [0.5, 0.6) is 0 Å². The predicted octanol–water partition coefficient (Wildman–Crippen LogP) is 2.52. The zero-order valence-corrected chi connectivity index (χ0v) is 9.37. The molecule has 1 aromatic carbocycles. The van der Waals surface area contributed by atoms with E-state index < -0.39 is 12.5 Å². The molecule has 1 aliphatic heterocycles. The van der Waals surface area contributed by atoms with E-state index in [4.69, 9.17) is 4.74 Å². The molecule has 92 valence electrons. The number of rotatable bonds is 3. The van der Waals surface area contributed by atoms with E-state index in [2.05, 4.69) is 5.32 Å². The second-order valence-electron chi connectivity index (χ2n) is 3.87. The van der Waals surface area contributed by atoms with Gasteiger partial charge in [-0.3, -0.25) is 0 Å². The minimum atomic E-state index is -2.50. The number of hydrogen-bond donors (Lipinski definition) is 1. The average Bonchev–Trinajstić information content (AvgIpc) is 2.71. The number of carbonyl (C=O) groups excluding carboxylic acids is 1. The van der Waals surface area contributed by atoms with Crippen LogP contribution in [0.2, 0.25) is 0 Å². The van der Waals surface area contributed by atoms with E-state index >= 15 is 0 Å². The predicted molar refractivity (Wildman–Crippen MR) is 59.1 cm³/mol. The Balaban J connectivity index is 2.14. The van der Waals surface area contributed by atoms with Gasteiger partial charge in [0.1, 0.15) is 6.04 Å². The summed E-state index contributed by atoms with van der Waals surface area (Å²) in [5, 5.41) is 2.91. The summed E-state index contributed by atoms with van der Waals surface area (Å²) >= 11 is 0. The molecule has 5 heteroatoms. The van der Waals surface area contributed by atoms with Gasteiger partial charge in [0.2, 0.25) is 0 Å². The molecule has 17 heavy (non-hydrogen) atoms. The third-order valence-electron chi connectivity index (χ3n) is 2.71. The van der Waals surface area contributed by atoms with Crippen LogP contribution >= 0.6 is 0 Å². The monoisotopic (exact) mass is 241 g/mol. The van der Waals surface area contributed by atoms with Gasteiger partial charge in [-0.15, -0.1) is 0 Å². The lowest BCUT2D eigenvalue weighted by atomic mass is 10.1. The number of halogens is 2. The standard InChI is InChI=1S/C12H13F2NO2/c1-2-17-12(16)10-5-7-3-4-8(11(13)14)6-9(7)15-10/h3-4,6,10-11,15H,2,5H2,1H3/t10-/m0/s1. The molecule has 0 aromatic heterocycles. The van der Waals surface area contributed by atoms with E-state index in [9.17, 15) is 13.6 Å². The van der Waals surface area contributed by atoms with Crippen molar-refractivity contribution in [1.82, 2.24) is 0 Å². The molecule has 0 spiro atoms. The van der Waals surface area contributed by atoms with Crippen molar-refractivity contribution in [3.05, 3.63) is 29.3 Å². The molecule has 1 atom stereocenters. The van der Waals surface area contributed by atoms with Crippen molar-refractivity contribution in [2.75, 3.05) is 11.9 Å². The first-order valence-electron chi connectivity index (χ1n) is 5.46. The number of hydrogen-bond acceptors (Lipinski definition) is 3. The quantitative estimate of drug-likeness (QED) is 0.826. The first-order chi connectivity index (χ1) is 8.11. The van der Waals surface area contributed by atoms with E-state index in [-0.39, 0.29) is 11.5 Å². The molecule has 1 heterocycles. The normalized spacial score (nSPS) is 17.8. The number of esters is 1. The minimum Gasteiger partial charge on any atom is -0.464 e. The molecular weight excluding hydrogens is 228 g/mol. The van der Waals surface area contributed by atoms with E-state index in [1.807, 2.05) is 0 Å². The second-order valence-corrected chi connectivity index (χ2v) is 3.87. The van der Waals surface area contributed by atoms with Gasteiger partial charge in [-0.25, -0.2) is 13.6 Å². The Bertz CT molecular complexity index is 435. The molecule has 0 saturated carbocycles. The molecule has 0 aliphatic carbocycles. The molecule has 0 unspecified atom stereocenters. The number of anilines is 1. The Kier molecular flexibility index (Phi) is 3.26. The lowest BCUT2D eigenvalue weighted by Gasteiger charge is -2.09. The summed E-state index contributed by atoms with van der Waals surface area (Å²) in [5.74, 6) is -0.345. The van der Waals surface area contributed by atoms with Gasteiger partial charge in [0.25, 0.3) is 6.43 Å².